The summed E-state index contributed by atoms with van der Waals surface area (Å²) in [6.07, 6.45) is 4.74. The van der Waals surface area contributed by atoms with Gasteiger partial charge in [0.25, 0.3) is 0 Å². The maximum Gasteiger partial charge on any atom is 0.238 e. The Bertz CT molecular complexity index is 993. The Kier molecular flexibility index (Phi) is 11.0. The molecule has 0 spiro atoms. The van der Waals surface area contributed by atoms with Gasteiger partial charge in [0.2, 0.25) is 6.43 Å². The van der Waals surface area contributed by atoms with E-state index in [1.165, 1.54) is 46.3 Å². The number of nitrogens with one attached hydrogen (secondary N) is 1. The molecule has 1 atom stereocenters. The van der Waals surface area contributed by atoms with Crippen molar-refractivity contribution < 1.29 is 8.78 Å². The molecule has 1 saturated carbocycles. The van der Waals surface area contributed by atoms with Crippen LogP contribution in [0.1, 0.15) is 101 Å². The predicted octanol–water partition coefficient (Wildman–Crippen LogP) is 9.63. The molecule has 1 aromatic heterocycles. The van der Waals surface area contributed by atoms with Crippen molar-refractivity contribution in [3.63, 3.8) is 0 Å². The number of benzene rings is 2. The smallest absolute Gasteiger partial charge is 0.238 e. The van der Waals surface area contributed by atoms with Gasteiger partial charge in [0.05, 0.1) is 11.7 Å². The Morgan fingerprint density at radius 2 is 1.67 bits per heavy atom. The van der Waals surface area contributed by atoms with Gasteiger partial charge in [-0.15, -0.1) is 0 Å². The van der Waals surface area contributed by atoms with Crippen LogP contribution in [0.25, 0.3) is 10.9 Å². The minimum Gasteiger partial charge on any atom is -0.278 e. The molecule has 3 aromatic rings. The zero-order chi connectivity index (χ0) is 24.5. The summed E-state index contributed by atoms with van der Waals surface area (Å²) >= 11 is 3.68. The van der Waals surface area contributed by atoms with Gasteiger partial charge in [-0.2, -0.15) is 5.10 Å². The summed E-state index contributed by atoms with van der Waals surface area (Å²) in [5.41, 5.74) is 7.18. The lowest BCUT2D eigenvalue weighted by molar-refractivity contribution is 0.144. The zero-order valence-corrected chi connectivity index (χ0v) is 22.5. The van der Waals surface area contributed by atoms with E-state index in [-0.39, 0.29) is 6.42 Å². The van der Waals surface area contributed by atoms with Crippen LogP contribution in [0.4, 0.5) is 8.78 Å². The molecular formula is C28H39BrF2N2. The zero-order valence-electron chi connectivity index (χ0n) is 20.9. The van der Waals surface area contributed by atoms with Crippen LogP contribution in [0, 0.1) is 5.92 Å². The molecule has 0 aliphatic heterocycles. The van der Waals surface area contributed by atoms with Gasteiger partial charge >= 0.3 is 0 Å². The topological polar surface area (TPSA) is 28.7 Å². The van der Waals surface area contributed by atoms with Gasteiger partial charge < -0.3 is 0 Å². The largest absolute Gasteiger partial charge is 0.278 e. The van der Waals surface area contributed by atoms with E-state index < -0.39 is 6.43 Å². The van der Waals surface area contributed by atoms with Crippen molar-refractivity contribution in [2.24, 2.45) is 5.92 Å². The minimum absolute atomic E-state index is 0.0278. The van der Waals surface area contributed by atoms with Gasteiger partial charge in [-0.05, 0) is 78.0 Å². The SMILES string of the molecule is CC.CCC(F)F.CCC(c1ccc(Br)cc1C1CC1)c1ccc2[nH]ncc2c1CC(C)C. The third kappa shape index (κ3) is 7.37. The quantitative estimate of drug-likeness (QED) is 0.329. The van der Waals surface area contributed by atoms with Gasteiger partial charge in [-0.3, -0.25) is 5.10 Å². The first-order chi connectivity index (χ1) is 15.8. The van der Waals surface area contributed by atoms with E-state index in [0.717, 1.165) is 24.3 Å². The maximum absolute atomic E-state index is 10.8. The summed E-state index contributed by atoms with van der Waals surface area (Å²) in [5.74, 6) is 1.83. The summed E-state index contributed by atoms with van der Waals surface area (Å²) < 4.78 is 22.7. The molecule has 0 bridgehead atoms. The van der Waals surface area contributed by atoms with E-state index in [1.807, 2.05) is 20.0 Å². The van der Waals surface area contributed by atoms with Crippen LogP contribution in [0.3, 0.4) is 0 Å². The molecular weight excluding hydrogens is 482 g/mol. The minimum atomic E-state index is -2.12. The number of hydrogen-bond acceptors (Lipinski definition) is 1. The van der Waals surface area contributed by atoms with E-state index in [4.69, 9.17) is 0 Å². The van der Waals surface area contributed by atoms with E-state index in [0.29, 0.717) is 11.8 Å². The van der Waals surface area contributed by atoms with Gasteiger partial charge in [0.15, 0.2) is 0 Å². The maximum atomic E-state index is 10.8. The molecule has 1 N–H and O–H groups in total. The number of H-pyrrole nitrogens is 1. The van der Waals surface area contributed by atoms with Crippen molar-refractivity contribution in [1.29, 1.82) is 0 Å². The summed E-state index contributed by atoms with van der Waals surface area (Å²) in [7, 11) is 0. The first kappa shape index (κ1) is 27.5. The number of halogens is 3. The van der Waals surface area contributed by atoms with E-state index in [9.17, 15) is 8.78 Å². The summed E-state index contributed by atoms with van der Waals surface area (Å²) in [6, 6.07) is 11.5. The molecule has 0 amide bonds. The third-order valence-corrected chi connectivity index (χ3v) is 6.41. The fourth-order valence-electron chi connectivity index (χ4n) is 4.27. The molecule has 0 saturated heterocycles. The molecule has 33 heavy (non-hydrogen) atoms. The average molecular weight is 522 g/mol. The van der Waals surface area contributed by atoms with Crippen molar-refractivity contribution in [2.75, 3.05) is 0 Å². The van der Waals surface area contributed by atoms with Crippen molar-refractivity contribution in [3.8, 4) is 0 Å². The van der Waals surface area contributed by atoms with E-state index in [2.05, 4.69) is 77.2 Å². The third-order valence-electron chi connectivity index (χ3n) is 5.92. The summed E-state index contributed by atoms with van der Waals surface area (Å²) in [5, 5.41) is 8.74. The Labute approximate surface area is 206 Å². The van der Waals surface area contributed by atoms with Crippen LogP contribution in [-0.4, -0.2) is 16.6 Å². The van der Waals surface area contributed by atoms with Crippen LogP contribution in [-0.2, 0) is 6.42 Å². The molecule has 0 radical (unpaired) electrons. The second kappa shape index (κ2) is 13.2. The number of nitrogens with zero attached hydrogens (tertiary/aromatic N) is 1. The highest BCUT2D eigenvalue weighted by molar-refractivity contribution is 9.10. The molecule has 1 unspecified atom stereocenters. The first-order valence-corrected chi connectivity index (χ1v) is 13.2. The number of aromatic nitrogens is 2. The Morgan fingerprint density at radius 3 is 2.21 bits per heavy atom. The number of fused-ring (bicyclic) bond motifs is 1. The lowest BCUT2D eigenvalue weighted by Crippen LogP contribution is -2.09. The standard InChI is InChI=1S/C23H27BrN2.C3H6F2.C2H6/c1-4-17(18-8-7-16(24)12-20(18)15-5-6-15)19-9-10-23-22(13-25-26-23)21(19)11-14(2)3;1-2-3(4)5;1-2/h7-10,12-15,17H,4-6,11H2,1-3H3,(H,25,26);3H,2H2,1H3;1-2H3. The lowest BCUT2D eigenvalue weighted by atomic mass is 9.80. The molecule has 182 valence electrons. The molecule has 2 aromatic carbocycles. The van der Waals surface area contributed by atoms with Gasteiger partial charge in [0, 0.05) is 22.2 Å². The Morgan fingerprint density at radius 1 is 1.03 bits per heavy atom. The van der Waals surface area contributed by atoms with Crippen LogP contribution in [0.2, 0.25) is 0 Å². The van der Waals surface area contributed by atoms with Gasteiger partial charge in [0.1, 0.15) is 0 Å². The average Bonchev–Trinajstić information content (AvgIpc) is 3.54. The number of aromatic amines is 1. The highest BCUT2D eigenvalue weighted by Crippen LogP contribution is 2.46. The summed E-state index contributed by atoms with van der Waals surface area (Å²) in [4.78, 5) is 0. The van der Waals surface area contributed by atoms with Crippen molar-refractivity contribution in [3.05, 3.63) is 63.3 Å². The molecule has 1 heterocycles. The van der Waals surface area contributed by atoms with Crippen molar-refractivity contribution in [2.45, 2.75) is 91.9 Å². The molecule has 1 aliphatic carbocycles. The normalized spacial score (nSPS) is 14.0. The van der Waals surface area contributed by atoms with Crippen LogP contribution >= 0.6 is 15.9 Å². The second-order valence-electron chi connectivity index (χ2n) is 8.87. The fourth-order valence-corrected chi connectivity index (χ4v) is 4.65. The van der Waals surface area contributed by atoms with E-state index in [1.54, 1.807) is 5.56 Å². The van der Waals surface area contributed by atoms with E-state index >= 15 is 0 Å². The molecule has 1 fully saturated rings. The lowest BCUT2D eigenvalue weighted by Gasteiger charge is -2.24. The van der Waals surface area contributed by atoms with Gasteiger partial charge in [-0.25, -0.2) is 8.78 Å². The second-order valence-corrected chi connectivity index (χ2v) is 9.79. The predicted molar refractivity (Wildman–Crippen MR) is 141 cm³/mol. The van der Waals surface area contributed by atoms with Crippen LogP contribution in [0.15, 0.2) is 41.0 Å². The number of rotatable bonds is 7. The highest BCUT2D eigenvalue weighted by atomic mass is 79.9. The molecule has 1 aliphatic rings. The van der Waals surface area contributed by atoms with Crippen molar-refractivity contribution in [1.82, 2.24) is 10.2 Å². The molecule has 2 nitrogen and oxygen atoms in total. The number of hydrogen-bond donors (Lipinski definition) is 1. The van der Waals surface area contributed by atoms with Crippen LogP contribution in [0.5, 0.6) is 0 Å². The molecule has 5 heteroatoms. The van der Waals surface area contributed by atoms with Crippen LogP contribution < -0.4 is 0 Å². The Hall–Kier alpha value is -1.75. The summed E-state index contributed by atoms with van der Waals surface area (Å²) in [6.45, 7) is 12.4. The molecule has 4 rings (SSSR count). The van der Waals surface area contributed by atoms with Crippen molar-refractivity contribution >= 4 is 26.8 Å². The fraction of sp³-hybridized carbons (Fsp3) is 0.536. The monoisotopic (exact) mass is 520 g/mol. The Balaban J connectivity index is 0.000000489. The highest BCUT2D eigenvalue weighted by Gasteiger charge is 2.29. The first-order valence-electron chi connectivity index (χ1n) is 12.4. The van der Waals surface area contributed by atoms with Gasteiger partial charge in [-0.1, -0.05) is 69.6 Å². The number of alkyl halides is 2.